The maximum absolute atomic E-state index is 14.2. The molecule has 1 fully saturated rings. The molecule has 0 aromatic heterocycles. The summed E-state index contributed by atoms with van der Waals surface area (Å²) in [6.07, 6.45) is 0.925. The SMILES string of the molecule is COCCCOc1cc(C(=O)N(C(C)C)C2CC(COc3cccc(Oc4ccccc4)c3)CN(C(=O)OC(C)(C)C)C2)ccc1OC. The predicted molar refractivity (Wildman–Crippen MR) is 184 cm³/mol. The highest BCUT2D eigenvalue weighted by molar-refractivity contribution is 5.95. The number of carbonyl (C=O) groups is 2. The third-order valence-corrected chi connectivity index (χ3v) is 7.78. The van der Waals surface area contributed by atoms with Gasteiger partial charge in [-0.1, -0.05) is 24.3 Å². The number of carbonyl (C=O) groups excluding carboxylic acids is 2. The molecule has 3 aromatic carbocycles. The second-order valence-electron chi connectivity index (χ2n) is 13.2. The smallest absolute Gasteiger partial charge is 0.410 e. The molecular weight excluding hydrogens is 612 g/mol. The van der Waals surface area contributed by atoms with Crippen LogP contribution >= 0.6 is 0 Å². The molecule has 0 radical (unpaired) electrons. The van der Waals surface area contributed by atoms with Crippen molar-refractivity contribution in [1.82, 2.24) is 9.80 Å². The molecule has 2 unspecified atom stereocenters. The zero-order valence-corrected chi connectivity index (χ0v) is 29.3. The summed E-state index contributed by atoms with van der Waals surface area (Å²) >= 11 is 0. The molecule has 260 valence electrons. The third-order valence-electron chi connectivity index (χ3n) is 7.78. The Morgan fingerprint density at radius 3 is 2.27 bits per heavy atom. The van der Waals surface area contributed by atoms with E-state index in [0.717, 1.165) is 5.75 Å². The number of hydrogen-bond acceptors (Lipinski definition) is 8. The number of ether oxygens (including phenoxy) is 6. The molecule has 0 saturated carbocycles. The number of methoxy groups -OCH3 is 2. The van der Waals surface area contributed by atoms with Gasteiger partial charge in [-0.15, -0.1) is 0 Å². The summed E-state index contributed by atoms with van der Waals surface area (Å²) in [5.74, 6) is 2.86. The molecule has 10 nitrogen and oxygen atoms in total. The van der Waals surface area contributed by atoms with E-state index >= 15 is 0 Å². The summed E-state index contributed by atoms with van der Waals surface area (Å²) in [5.41, 5.74) is -0.186. The van der Waals surface area contributed by atoms with Crippen LogP contribution in [-0.2, 0) is 9.47 Å². The monoisotopic (exact) mass is 662 g/mol. The number of benzene rings is 3. The fourth-order valence-corrected chi connectivity index (χ4v) is 5.72. The van der Waals surface area contributed by atoms with Crippen molar-refractivity contribution >= 4 is 12.0 Å². The van der Waals surface area contributed by atoms with E-state index in [4.69, 9.17) is 28.4 Å². The van der Waals surface area contributed by atoms with Gasteiger partial charge >= 0.3 is 6.09 Å². The summed E-state index contributed by atoms with van der Waals surface area (Å²) in [7, 11) is 3.22. The molecular formula is C38H50N2O8. The van der Waals surface area contributed by atoms with E-state index in [1.54, 1.807) is 37.3 Å². The lowest BCUT2D eigenvalue weighted by molar-refractivity contribution is -0.00552. The van der Waals surface area contributed by atoms with Gasteiger partial charge in [-0.25, -0.2) is 4.79 Å². The first-order valence-electron chi connectivity index (χ1n) is 16.5. The van der Waals surface area contributed by atoms with Crippen LogP contribution in [-0.4, -0.2) is 86.6 Å². The average molecular weight is 663 g/mol. The Labute approximate surface area is 284 Å². The Bertz CT molecular complexity index is 1470. The number of piperidine rings is 1. The molecule has 1 saturated heterocycles. The number of rotatable bonds is 14. The van der Waals surface area contributed by atoms with E-state index in [-0.39, 0.29) is 23.9 Å². The van der Waals surface area contributed by atoms with Crippen molar-refractivity contribution in [3.8, 4) is 28.7 Å². The van der Waals surface area contributed by atoms with Crippen LogP contribution in [0.3, 0.4) is 0 Å². The fourth-order valence-electron chi connectivity index (χ4n) is 5.72. The van der Waals surface area contributed by atoms with Crippen LogP contribution in [0.15, 0.2) is 72.8 Å². The van der Waals surface area contributed by atoms with Gasteiger partial charge in [-0.3, -0.25) is 4.79 Å². The number of hydrogen-bond donors (Lipinski definition) is 0. The third kappa shape index (κ3) is 10.5. The van der Waals surface area contributed by atoms with Crippen LogP contribution in [0, 0.1) is 5.92 Å². The van der Waals surface area contributed by atoms with E-state index in [2.05, 4.69) is 0 Å². The zero-order chi connectivity index (χ0) is 34.7. The Morgan fingerprint density at radius 1 is 0.854 bits per heavy atom. The van der Waals surface area contributed by atoms with Crippen molar-refractivity contribution in [2.24, 2.45) is 5.92 Å². The Kier molecular flexibility index (Phi) is 13.0. The largest absolute Gasteiger partial charge is 0.493 e. The Balaban J connectivity index is 1.54. The lowest BCUT2D eigenvalue weighted by atomic mass is 9.92. The minimum atomic E-state index is -0.661. The molecule has 0 spiro atoms. The van der Waals surface area contributed by atoms with Gasteiger partial charge in [0.15, 0.2) is 11.5 Å². The number of likely N-dealkylation sites (tertiary alicyclic amines) is 1. The standard InChI is InChI=1S/C38H50N2O8/c1-27(2)40(36(41)29-17-18-34(44-7)35(22-29)45-20-12-19-43-6)30-21-28(24-39(25-30)37(42)48-38(3,4)5)26-46-32-15-11-16-33(23-32)47-31-13-9-8-10-14-31/h8-11,13-18,22-23,27-28,30H,12,19-21,24-26H2,1-7H3. The van der Waals surface area contributed by atoms with Crippen LogP contribution in [0.1, 0.15) is 57.8 Å². The first kappa shape index (κ1) is 36.4. The number of para-hydroxylation sites is 1. The minimum Gasteiger partial charge on any atom is -0.493 e. The van der Waals surface area contributed by atoms with Crippen LogP contribution in [0.4, 0.5) is 4.79 Å². The van der Waals surface area contributed by atoms with E-state index in [9.17, 15) is 9.59 Å². The second-order valence-corrected chi connectivity index (χ2v) is 13.2. The summed E-state index contributed by atoms with van der Waals surface area (Å²) < 4.78 is 34.6. The second kappa shape index (κ2) is 17.1. The van der Waals surface area contributed by atoms with Crippen molar-refractivity contribution in [3.63, 3.8) is 0 Å². The normalized spacial score (nSPS) is 16.3. The molecule has 1 heterocycles. The summed E-state index contributed by atoms with van der Waals surface area (Å²) in [5, 5.41) is 0. The molecule has 1 aliphatic rings. The molecule has 2 atom stereocenters. The van der Waals surface area contributed by atoms with E-state index in [1.165, 1.54) is 0 Å². The van der Waals surface area contributed by atoms with Crippen molar-refractivity contribution in [1.29, 1.82) is 0 Å². The summed E-state index contributed by atoms with van der Waals surface area (Å²) in [6, 6.07) is 21.8. The molecule has 10 heteroatoms. The van der Waals surface area contributed by atoms with Gasteiger partial charge in [0, 0.05) is 56.8 Å². The number of nitrogens with zero attached hydrogens (tertiary/aromatic N) is 2. The lowest BCUT2D eigenvalue weighted by Gasteiger charge is -2.44. The van der Waals surface area contributed by atoms with Crippen molar-refractivity contribution in [3.05, 3.63) is 78.4 Å². The van der Waals surface area contributed by atoms with Gasteiger partial charge in [0.25, 0.3) is 5.91 Å². The van der Waals surface area contributed by atoms with Crippen molar-refractivity contribution < 1.29 is 38.0 Å². The maximum Gasteiger partial charge on any atom is 0.410 e. The van der Waals surface area contributed by atoms with Gasteiger partial charge in [-0.2, -0.15) is 0 Å². The zero-order valence-electron chi connectivity index (χ0n) is 29.3. The highest BCUT2D eigenvalue weighted by atomic mass is 16.6. The fraction of sp³-hybridized carbons (Fsp3) is 0.474. The summed E-state index contributed by atoms with van der Waals surface area (Å²) in [4.78, 5) is 31.2. The van der Waals surface area contributed by atoms with Crippen LogP contribution in [0.25, 0.3) is 0 Å². The van der Waals surface area contributed by atoms with E-state index in [1.807, 2.05) is 94.1 Å². The Morgan fingerprint density at radius 2 is 1.58 bits per heavy atom. The van der Waals surface area contributed by atoms with E-state index < -0.39 is 11.7 Å². The van der Waals surface area contributed by atoms with Crippen molar-refractivity contribution in [2.45, 2.75) is 65.1 Å². The Hall–Kier alpha value is -4.44. The molecule has 48 heavy (non-hydrogen) atoms. The van der Waals surface area contributed by atoms with Gasteiger partial charge in [0.2, 0.25) is 0 Å². The van der Waals surface area contributed by atoms with Gasteiger partial charge in [-0.05, 0) is 83.5 Å². The first-order chi connectivity index (χ1) is 23.0. The van der Waals surface area contributed by atoms with Crippen LogP contribution in [0.5, 0.6) is 28.7 Å². The maximum atomic E-state index is 14.2. The lowest BCUT2D eigenvalue weighted by Crippen LogP contribution is -2.57. The highest BCUT2D eigenvalue weighted by Gasteiger charge is 2.38. The van der Waals surface area contributed by atoms with E-state index in [0.29, 0.717) is 74.3 Å². The van der Waals surface area contributed by atoms with Gasteiger partial charge in [0.05, 0.1) is 26.4 Å². The predicted octanol–water partition coefficient (Wildman–Crippen LogP) is 7.46. The first-order valence-corrected chi connectivity index (χ1v) is 16.5. The molecule has 4 rings (SSSR count). The van der Waals surface area contributed by atoms with Crippen LogP contribution in [0.2, 0.25) is 0 Å². The molecule has 0 N–H and O–H groups in total. The van der Waals surface area contributed by atoms with Gasteiger partial charge in [0.1, 0.15) is 22.8 Å². The van der Waals surface area contributed by atoms with Gasteiger partial charge < -0.3 is 38.2 Å². The molecule has 0 aliphatic carbocycles. The molecule has 3 aromatic rings. The average Bonchev–Trinajstić information content (AvgIpc) is 3.05. The summed E-state index contributed by atoms with van der Waals surface area (Å²) in [6.45, 7) is 11.6. The molecule has 2 amide bonds. The van der Waals surface area contributed by atoms with Crippen LogP contribution < -0.4 is 18.9 Å². The van der Waals surface area contributed by atoms with Crippen molar-refractivity contribution in [2.75, 3.05) is 47.1 Å². The molecule has 0 bridgehead atoms. The quantitative estimate of drug-likeness (QED) is 0.164. The number of amides is 2. The molecule has 1 aliphatic heterocycles. The highest BCUT2D eigenvalue weighted by Crippen LogP contribution is 2.32. The minimum absolute atomic E-state index is 0.0698. The topological polar surface area (TPSA) is 96.0 Å².